The number of likely N-dealkylation sites (N-methyl/N-ethyl adjacent to an activating group) is 1. The van der Waals surface area contributed by atoms with Gasteiger partial charge in [0, 0.05) is 30.7 Å². The topological polar surface area (TPSA) is 37.3 Å². The average Bonchev–Trinajstić information content (AvgIpc) is 2.92. The number of carbonyl (C=O) groups is 1. The number of carbonyl (C=O) groups excluding carboxylic acids is 1. The Hall–Kier alpha value is -2.37. The Morgan fingerprint density at radius 1 is 1.23 bits per heavy atom. The van der Waals surface area contributed by atoms with E-state index in [2.05, 4.69) is 28.2 Å². The number of hydrogen-bond donors (Lipinski definition) is 1. The number of aryl methyl sites for hydroxylation is 1. The van der Waals surface area contributed by atoms with Gasteiger partial charge in [-0.05, 0) is 37.9 Å². The zero-order valence-electron chi connectivity index (χ0n) is 15.0. The van der Waals surface area contributed by atoms with Gasteiger partial charge in [-0.2, -0.15) is 0 Å². The van der Waals surface area contributed by atoms with E-state index < -0.39 is 11.7 Å². The number of fused-ring (bicyclic) bond motifs is 1. The number of benzene rings is 2. The summed E-state index contributed by atoms with van der Waals surface area (Å²) in [7, 11) is 5.90. The first-order chi connectivity index (χ1) is 12.4. The lowest BCUT2D eigenvalue weighted by Gasteiger charge is -2.24. The fourth-order valence-corrected chi connectivity index (χ4v) is 3.45. The van der Waals surface area contributed by atoms with Crippen LogP contribution < -0.4 is 5.32 Å². The van der Waals surface area contributed by atoms with Gasteiger partial charge in [0.2, 0.25) is 0 Å². The number of nitrogens with zero attached hydrogens (tertiary/aromatic N) is 2. The van der Waals surface area contributed by atoms with E-state index in [0.717, 1.165) is 16.5 Å². The van der Waals surface area contributed by atoms with Gasteiger partial charge in [0.25, 0.3) is 5.91 Å². The quantitative estimate of drug-likeness (QED) is 0.733. The van der Waals surface area contributed by atoms with Crippen LogP contribution in [0.5, 0.6) is 0 Å². The fourth-order valence-electron chi connectivity index (χ4n) is 3.20. The van der Waals surface area contributed by atoms with Crippen molar-refractivity contribution in [3.63, 3.8) is 0 Å². The molecule has 0 fully saturated rings. The van der Waals surface area contributed by atoms with Gasteiger partial charge >= 0.3 is 0 Å². The van der Waals surface area contributed by atoms with Crippen LogP contribution in [0.4, 0.5) is 4.39 Å². The van der Waals surface area contributed by atoms with Crippen molar-refractivity contribution in [1.29, 1.82) is 0 Å². The summed E-state index contributed by atoms with van der Waals surface area (Å²) in [5.41, 5.74) is 2.11. The Kier molecular flexibility index (Phi) is 5.30. The van der Waals surface area contributed by atoms with Crippen molar-refractivity contribution in [2.45, 2.75) is 6.04 Å². The molecule has 1 N–H and O–H groups in total. The molecule has 3 rings (SSSR count). The summed E-state index contributed by atoms with van der Waals surface area (Å²) in [6, 6.07) is 12.3. The lowest BCUT2D eigenvalue weighted by molar-refractivity contribution is 0.0938. The molecule has 0 radical (unpaired) electrons. The Labute approximate surface area is 157 Å². The van der Waals surface area contributed by atoms with Crippen LogP contribution in [0.2, 0.25) is 5.02 Å². The summed E-state index contributed by atoms with van der Waals surface area (Å²) in [6.45, 7) is 0.338. The lowest BCUT2D eigenvalue weighted by atomic mass is 10.0. The lowest BCUT2D eigenvalue weighted by Crippen LogP contribution is -2.35. The molecular weight excluding hydrogens is 353 g/mol. The Morgan fingerprint density at radius 2 is 1.96 bits per heavy atom. The molecule has 1 atom stereocenters. The molecule has 0 saturated heterocycles. The van der Waals surface area contributed by atoms with Gasteiger partial charge < -0.3 is 14.8 Å². The third-order valence-corrected chi connectivity index (χ3v) is 4.87. The van der Waals surface area contributed by atoms with Gasteiger partial charge in [0.1, 0.15) is 5.82 Å². The maximum atomic E-state index is 14.0. The molecule has 1 heterocycles. The molecule has 0 bridgehead atoms. The molecule has 4 nitrogen and oxygen atoms in total. The van der Waals surface area contributed by atoms with Crippen molar-refractivity contribution < 1.29 is 9.18 Å². The molecule has 0 aliphatic carbocycles. The van der Waals surface area contributed by atoms with Crippen molar-refractivity contribution in [3.8, 4) is 0 Å². The number of para-hydroxylation sites is 1. The van der Waals surface area contributed by atoms with E-state index in [4.69, 9.17) is 11.6 Å². The summed E-state index contributed by atoms with van der Waals surface area (Å²) >= 11 is 5.99. The predicted molar refractivity (Wildman–Crippen MR) is 103 cm³/mol. The van der Waals surface area contributed by atoms with Gasteiger partial charge in [-0.25, -0.2) is 4.39 Å². The largest absolute Gasteiger partial charge is 0.350 e. The smallest absolute Gasteiger partial charge is 0.255 e. The molecule has 1 amide bonds. The second-order valence-corrected chi connectivity index (χ2v) is 6.91. The van der Waals surface area contributed by atoms with Crippen molar-refractivity contribution in [2.75, 3.05) is 20.6 Å². The summed E-state index contributed by atoms with van der Waals surface area (Å²) < 4.78 is 16.0. The number of aromatic nitrogens is 1. The SMILES string of the molecule is CN(C)C(CNC(=O)c1c(F)cccc1Cl)c1cn(C)c2ccccc12. The van der Waals surface area contributed by atoms with Crippen LogP contribution in [-0.2, 0) is 7.05 Å². The zero-order chi connectivity index (χ0) is 18.8. The highest BCUT2D eigenvalue weighted by Crippen LogP contribution is 2.28. The van der Waals surface area contributed by atoms with Crippen molar-refractivity contribution >= 4 is 28.4 Å². The zero-order valence-corrected chi connectivity index (χ0v) is 15.7. The normalized spacial score (nSPS) is 12.5. The van der Waals surface area contributed by atoms with Gasteiger partial charge in [0.15, 0.2) is 0 Å². The average molecular weight is 374 g/mol. The van der Waals surface area contributed by atoms with E-state index in [1.807, 2.05) is 38.2 Å². The predicted octanol–water partition coefficient (Wildman–Crippen LogP) is 4.00. The van der Waals surface area contributed by atoms with E-state index >= 15 is 0 Å². The van der Waals surface area contributed by atoms with Crippen LogP contribution >= 0.6 is 11.6 Å². The highest BCUT2D eigenvalue weighted by atomic mass is 35.5. The maximum Gasteiger partial charge on any atom is 0.255 e. The van der Waals surface area contributed by atoms with E-state index in [9.17, 15) is 9.18 Å². The minimum absolute atomic E-state index is 0.0596. The Bertz CT molecular complexity index is 931. The molecule has 6 heteroatoms. The molecule has 0 aliphatic heterocycles. The third kappa shape index (κ3) is 3.45. The standard InChI is InChI=1S/C20H21ClFN3O/c1-24(2)18(14-12-25(3)17-10-5-4-7-13(14)17)11-23-20(26)19-15(21)8-6-9-16(19)22/h4-10,12,18H,11H2,1-3H3,(H,23,26). The highest BCUT2D eigenvalue weighted by Gasteiger charge is 2.22. The van der Waals surface area contributed by atoms with Crippen LogP contribution in [0.3, 0.4) is 0 Å². The number of rotatable bonds is 5. The summed E-state index contributed by atoms with van der Waals surface area (Å²) in [5, 5.41) is 4.06. The second-order valence-electron chi connectivity index (χ2n) is 6.50. The van der Waals surface area contributed by atoms with Crippen LogP contribution in [0.15, 0.2) is 48.7 Å². The first-order valence-corrected chi connectivity index (χ1v) is 8.70. The molecular formula is C20H21ClFN3O. The minimum atomic E-state index is -0.624. The number of hydrogen-bond acceptors (Lipinski definition) is 2. The second kappa shape index (κ2) is 7.48. The third-order valence-electron chi connectivity index (χ3n) is 4.56. The highest BCUT2D eigenvalue weighted by molar-refractivity contribution is 6.33. The monoisotopic (exact) mass is 373 g/mol. The first kappa shape index (κ1) is 18.4. The van der Waals surface area contributed by atoms with Crippen LogP contribution in [0, 0.1) is 5.82 Å². The van der Waals surface area contributed by atoms with E-state index in [-0.39, 0.29) is 16.6 Å². The molecule has 1 aromatic heterocycles. The van der Waals surface area contributed by atoms with Crippen molar-refractivity contribution in [2.24, 2.45) is 7.05 Å². The molecule has 26 heavy (non-hydrogen) atoms. The molecule has 0 saturated carbocycles. The van der Waals surface area contributed by atoms with Crippen LogP contribution in [-0.4, -0.2) is 36.0 Å². The molecule has 3 aromatic rings. The van der Waals surface area contributed by atoms with Gasteiger partial charge in [-0.1, -0.05) is 35.9 Å². The summed E-state index contributed by atoms with van der Waals surface area (Å²) in [5.74, 6) is -1.14. The summed E-state index contributed by atoms with van der Waals surface area (Å²) in [4.78, 5) is 14.5. The molecule has 2 aromatic carbocycles. The van der Waals surface area contributed by atoms with Gasteiger partial charge in [-0.15, -0.1) is 0 Å². The molecule has 1 unspecified atom stereocenters. The van der Waals surface area contributed by atoms with E-state index in [0.29, 0.717) is 6.54 Å². The van der Waals surface area contributed by atoms with Crippen LogP contribution in [0.1, 0.15) is 22.0 Å². The van der Waals surface area contributed by atoms with Crippen molar-refractivity contribution in [3.05, 3.63) is 70.6 Å². The number of nitrogens with one attached hydrogen (secondary N) is 1. The summed E-state index contributed by atoms with van der Waals surface area (Å²) in [6.07, 6.45) is 2.07. The fraction of sp³-hybridized carbons (Fsp3) is 0.250. The molecule has 0 spiro atoms. The van der Waals surface area contributed by atoms with E-state index in [1.165, 1.54) is 18.2 Å². The first-order valence-electron chi connectivity index (χ1n) is 8.32. The molecule has 0 aliphatic rings. The molecule has 136 valence electrons. The van der Waals surface area contributed by atoms with Gasteiger partial charge in [-0.3, -0.25) is 4.79 Å². The Balaban J connectivity index is 1.87. The number of amides is 1. The van der Waals surface area contributed by atoms with E-state index in [1.54, 1.807) is 0 Å². The Morgan fingerprint density at radius 3 is 2.65 bits per heavy atom. The maximum absolute atomic E-state index is 14.0. The van der Waals surface area contributed by atoms with Gasteiger partial charge in [0.05, 0.1) is 16.6 Å². The number of halogens is 2. The minimum Gasteiger partial charge on any atom is -0.350 e. The van der Waals surface area contributed by atoms with Crippen molar-refractivity contribution in [1.82, 2.24) is 14.8 Å². The van der Waals surface area contributed by atoms with Crippen LogP contribution in [0.25, 0.3) is 10.9 Å².